The van der Waals surface area contributed by atoms with Crippen LogP contribution in [0.25, 0.3) is 0 Å². The van der Waals surface area contributed by atoms with Gasteiger partial charge in [-0.2, -0.15) is 11.8 Å². The molecular weight excluding hydrogens is 268 g/mol. The average Bonchev–Trinajstić information content (AvgIpc) is 2.86. The molecular formula is C14H19F2NOS. The van der Waals surface area contributed by atoms with E-state index in [0.29, 0.717) is 12.2 Å². The third kappa shape index (κ3) is 3.91. The Labute approximate surface area is 116 Å². The predicted molar refractivity (Wildman–Crippen MR) is 74.5 cm³/mol. The lowest BCUT2D eigenvalue weighted by Gasteiger charge is -2.20. The SMILES string of the molecule is CSCCCN[C@@H]1CCO[C@H]1c1ccc(F)c(F)c1. The third-order valence-electron chi connectivity index (χ3n) is 3.30. The molecule has 0 unspecified atom stereocenters. The van der Waals surface area contributed by atoms with Crippen molar-refractivity contribution in [1.29, 1.82) is 0 Å². The van der Waals surface area contributed by atoms with Gasteiger partial charge in [-0.1, -0.05) is 6.07 Å². The number of hydrogen-bond acceptors (Lipinski definition) is 3. The van der Waals surface area contributed by atoms with Gasteiger partial charge in [0.1, 0.15) is 0 Å². The van der Waals surface area contributed by atoms with Gasteiger partial charge in [0.25, 0.3) is 0 Å². The summed E-state index contributed by atoms with van der Waals surface area (Å²) in [6.07, 6.45) is 3.91. The van der Waals surface area contributed by atoms with Crippen LogP contribution in [0.4, 0.5) is 8.78 Å². The first-order valence-electron chi connectivity index (χ1n) is 6.51. The van der Waals surface area contributed by atoms with Crippen molar-refractivity contribution in [2.45, 2.75) is 25.0 Å². The number of thioether (sulfide) groups is 1. The Balaban J connectivity index is 1.95. The molecule has 1 heterocycles. The van der Waals surface area contributed by atoms with Crippen LogP contribution in [-0.2, 0) is 4.74 Å². The largest absolute Gasteiger partial charge is 0.372 e. The average molecular weight is 287 g/mol. The van der Waals surface area contributed by atoms with E-state index < -0.39 is 11.6 Å². The highest BCUT2D eigenvalue weighted by Crippen LogP contribution is 2.30. The Morgan fingerprint density at radius 3 is 2.95 bits per heavy atom. The molecule has 0 bridgehead atoms. The Bertz CT molecular complexity index is 416. The van der Waals surface area contributed by atoms with Crippen molar-refractivity contribution in [2.24, 2.45) is 0 Å². The summed E-state index contributed by atoms with van der Waals surface area (Å²) in [5.41, 5.74) is 0.707. The zero-order valence-electron chi connectivity index (χ0n) is 11.0. The van der Waals surface area contributed by atoms with Crippen molar-refractivity contribution in [2.75, 3.05) is 25.2 Å². The fourth-order valence-corrected chi connectivity index (χ4v) is 2.75. The predicted octanol–water partition coefficient (Wildman–Crippen LogP) is 3.14. The van der Waals surface area contributed by atoms with Gasteiger partial charge in [0.05, 0.1) is 6.10 Å². The molecule has 0 spiro atoms. The first kappa shape index (κ1) is 14.8. The van der Waals surface area contributed by atoms with E-state index >= 15 is 0 Å². The Hall–Kier alpha value is -0.650. The zero-order valence-corrected chi connectivity index (χ0v) is 11.8. The number of benzene rings is 1. The number of hydrogen-bond donors (Lipinski definition) is 1. The topological polar surface area (TPSA) is 21.3 Å². The van der Waals surface area contributed by atoms with Crippen molar-refractivity contribution >= 4 is 11.8 Å². The van der Waals surface area contributed by atoms with E-state index in [4.69, 9.17) is 4.74 Å². The van der Waals surface area contributed by atoms with Crippen molar-refractivity contribution in [1.82, 2.24) is 5.32 Å². The van der Waals surface area contributed by atoms with Crippen LogP contribution in [0.5, 0.6) is 0 Å². The molecule has 0 amide bonds. The van der Waals surface area contributed by atoms with Crippen LogP contribution >= 0.6 is 11.8 Å². The summed E-state index contributed by atoms with van der Waals surface area (Å²) < 4.78 is 31.8. The van der Waals surface area contributed by atoms with E-state index in [1.54, 1.807) is 6.07 Å². The quantitative estimate of drug-likeness (QED) is 0.812. The van der Waals surface area contributed by atoms with E-state index in [2.05, 4.69) is 11.6 Å². The molecule has 1 aliphatic heterocycles. The lowest BCUT2D eigenvalue weighted by atomic mass is 10.0. The molecule has 0 aromatic heterocycles. The van der Waals surface area contributed by atoms with E-state index in [9.17, 15) is 8.78 Å². The maximum Gasteiger partial charge on any atom is 0.159 e. The lowest BCUT2D eigenvalue weighted by molar-refractivity contribution is 0.0985. The van der Waals surface area contributed by atoms with Gasteiger partial charge in [-0.3, -0.25) is 0 Å². The van der Waals surface area contributed by atoms with Crippen LogP contribution in [0, 0.1) is 11.6 Å². The second kappa shape index (κ2) is 7.22. The highest BCUT2D eigenvalue weighted by Gasteiger charge is 2.29. The molecule has 5 heteroatoms. The molecule has 2 atom stereocenters. The normalized spacial score (nSPS) is 22.9. The fraction of sp³-hybridized carbons (Fsp3) is 0.571. The van der Waals surface area contributed by atoms with Crippen molar-refractivity contribution < 1.29 is 13.5 Å². The molecule has 1 N–H and O–H groups in total. The van der Waals surface area contributed by atoms with Gasteiger partial charge < -0.3 is 10.1 Å². The first-order chi connectivity index (χ1) is 9.22. The van der Waals surface area contributed by atoms with Gasteiger partial charge in [0, 0.05) is 12.6 Å². The van der Waals surface area contributed by atoms with Gasteiger partial charge in [-0.25, -0.2) is 8.78 Å². The van der Waals surface area contributed by atoms with Crippen molar-refractivity contribution in [3.05, 3.63) is 35.4 Å². The summed E-state index contributed by atoms with van der Waals surface area (Å²) in [6, 6.07) is 4.19. The summed E-state index contributed by atoms with van der Waals surface area (Å²) in [7, 11) is 0. The second-order valence-electron chi connectivity index (χ2n) is 4.66. The summed E-state index contributed by atoms with van der Waals surface area (Å²) in [5, 5.41) is 3.44. The minimum atomic E-state index is -0.814. The number of halogens is 2. The summed E-state index contributed by atoms with van der Waals surface area (Å²) >= 11 is 1.82. The number of ether oxygens (including phenoxy) is 1. The molecule has 2 nitrogen and oxygen atoms in total. The van der Waals surface area contributed by atoms with Crippen LogP contribution in [0.15, 0.2) is 18.2 Å². The van der Waals surface area contributed by atoms with Crippen LogP contribution in [0.2, 0.25) is 0 Å². The molecule has 1 saturated heterocycles. The molecule has 1 fully saturated rings. The maximum atomic E-state index is 13.3. The van der Waals surface area contributed by atoms with Crippen molar-refractivity contribution in [3.63, 3.8) is 0 Å². The van der Waals surface area contributed by atoms with Crippen LogP contribution in [0.3, 0.4) is 0 Å². The van der Waals surface area contributed by atoms with Crippen LogP contribution < -0.4 is 5.32 Å². The molecule has 1 aromatic carbocycles. The summed E-state index contributed by atoms with van der Waals surface area (Å²) in [5.74, 6) is -0.503. The third-order valence-corrected chi connectivity index (χ3v) is 3.99. The van der Waals surface area contributed by atoms with Crippen molar-refractivity contribution in [3.8, 4) is 0 Å². The van der Waals surface area contributed by atoms with E-state index in [-0.39, 0.29) is 12.1 Å². The molecule has 0 radical (unpaired) electrons. The zero-order chi connectivity index (χ0) is 13.7. The lowest BCUT2D eigenvalue weighted by Crippen LogP contribution is -2.32. The van der Waals surface area contributed by atoms with Crippen LogP contribution in [-0.4, -0.2) is 31.2 Å². The Kier molecular flexibility index (Phi) is 5.60. The molecule has 0 aliphatic carbocycles. The molecule has 0 saturated carbocycles. The van der Waals surface area contributed by atoms with Gasteiger partial charge in [-0.15, -0.1) is 0 Å². The standard InChI is InChI=1S/C14H19F2NOS/c1-19-8-2-6-17-13-5-7-18-14(13)10-3-4-11(15)12(16)9-10/h3-4,9,13-14,17H,2,5-8H2,1H3/t13-,14+/m1/s1. The smallest absolute Gasteiger partial charge is 0.159 e. The highest BCUT2D eigenvalue weighted by atomic mass is 32.2. The van der Waals surface area contributed by atoms with E-state index in [1.807, 2.05) is 11.8 Å². The molecule has 19 heavy (non-hydrogen) atoms. The summed E-state index contributed by atoms with van der Waals surface area (Å²) in [4.78, 5) is 0. The summed E-state index contributed by atoms with van der Waals surface area (Å²) in [6.45, 7) is 1.58. The Morgan fingerprint density at radius 1 is 1.37 bits per heavy atom. The first-order valence-corrected chi connectivity index (χ1v) is 7.90. The number of nitrogens with one attached hydrogen (secondary N) is 1. The van der Waals surface area contributed by atoms with Gasteiger partial charge in [0.2, 0.25) is 0 Å². The maximum absolute atomic E-state index is 13.3. The van der Waals surface area contributed by atoms with Crippen LogP contribution in [0.1, 0.15) is 24.5 Å². The Morgan fingerprint density at radius 2 is 2.21 bits per heavy atom. The van der Waals surface area contributed by atoms with Gasteiger partial charge in [-0.05, 0) is 49.1 Å². The van der Waals surface area contributed by atoms with Gasteiger partial charge in [0.15, 0.2) is 11.6 Å². The van der Waals surface area contributed by atoms with Gasteiger partial charge >= 0.3 is 0 Å². The number of rotatable bonds is 6. The molecule has 1 aromatic rings. The minimum Gasteiger partial charge on any atom is -0.372 e. The van der Waals surface area contributed by atoms with E-state index in [1.165, 1.54) is 6.07 Å². The van der Waals surface area contributed by atoms with E-state index in [0.717, 1.165) is 31.2 Å². The fourth-order valence-electron chi connectivity index (χ4n) is 2.32. The minimum absolute atomic E-state index is 0.177. The molecule has 2 rings (SSSR count). The molecule has 1 aliphatic rings. The monoisotopic (exact) mass is 287 g/mol. The second-order valence-corrected chi connectivity index (χ2v) is 5.65. The molecule has 106 valence electrons. The highest BCUT2D eigenvalue weighted by molar-refractivity contribution is 7.98.